The van der Waals surface area contributed by atoms with E-state index in [1.165, 1.54) is 27.9 Å². The summed E-state index contributed by atoms with van der Waals surface area (Å²) in [4.78, 5) is 4.33. The summed E-state index contributed by atoms with van der Waals surface area (Å²) in [5.41, 5.74) is 7.35. The molecule has 0 aliphatic rings. The third-order valence-electron chi connectivity index (χ3n) is 4.79. The number of anilines is 1. The SMILES string of the molecule is Cc1ccccc1-c1cccc(NCc2cncn2Cc2ccccc2)c1. The highest BCUT2D eigenvalue weighted by molar-refractivity contribution is 5.70. The van der Waals surface area contributed by atoms with E-state index in [1.807, 2.05) is 18.6 Å². The Hall–Kier alpha value is -3.33. The lowest BCUT2D eigenvalue weighted by Crippen LogP contribution is -2.08. The van der Waals surface area contributed by atoms with Crippen molar-refractivity contribution in [3.05, 3.63) is 108 Å². The summed E-state index contributed by atoms with van der Waals surface area (Å²) < 4.78 is 2.19. The summed E-state index contributed by atoms with van der Waals surface area (Å²) in [5, 5.41) is 3.54. The maximum Gasteiger partial charge on any atom is 0.0951 e. The summed E-state index contributed by atoms with van der Waals surface area (Å²) in [5.74, 6) is 0. The van der Waals surface area contributed by atoms with Crippen LogP contribution in [-0.4, -0.2) is 9.55 Å². The van der Waals surface area contributed by atoms with Crippen LogP contribution >= 0.6 is 0 Å². The monoisotopic (exact) mass is 353 g/mol. The molecule has 0 fully saturated rings. The molecule has 0 saturated carbocycles. The van der Waals surface area contributed by atoms with E-state index < -0.39 is 0 Å². The predicted octanol–water partition coefficient (Wildman–Crippen LogP) is 5.52. The van der Waals surface area contributed by atoms with Crippen LogP contribution in [0, 0.1) is 6.92 Å². The summed E-state index contributed by atoms with van der Waals surface area (Å²) in [6, 6.07) is 27.5. The van der Waals surface area contributed by atoms with Gasteiger partial charge in [0.05, 0.1) is 18.6 Å². The molecule has 1 heterocycles. The predicted molar refractivity (Wildman–Crippen MR) is 112 cm³/mol. The van der Waals surface area contributed by atoms with Crippen molar-refractivity contribution < 1.29 is 0 Å². The maximum absolute atomic E-state index is 4.33. The van der Waals surface area contributed by atoms with Crippen LogP contribution in [0.25, 0.3) is 11.1 Å². The van der Waals surface area contributed by atoms with E-state index >= 15 is 0 Å². The van der Waals surface area contributed by atoms with E-state index in [4.69, 9.17) is 0 Å². The molecule has 4 aromatic rings. The maximum atomic E-state index is 4.33. The molecule has 3 nitrogen and oxygen atoms in total. The first kappa shape index (κ1) is 17.1. The fraction of sp³-hybridized carbons (Fsp3) is 0.125. The van der Waals surface area contributed by atoms with Crippen molar-refractivity contribution in [3.63, 3.8) is 0 Å². The fourth-order valence-electron chi connectivity index (χ4n) is 3.30. The number of nitrogens with zero attached hydrogens (tertiary/aromatic N) is 2. The summed E-state index contributed by atoms with van der Waals surface area (Å²) in [6.07, 6.45) is 3.83. The number of imidazole rings is 1. The van der Waals surface area contributed by atoms with Crippen molar-refractivity contribution >= 4 is 5.69 Å². The van der Waals surface area contributed by atoms with Crippen LogP contribution in [0.5, 0.6) is 0 Å². The molecule has 1 N–H and O–H groups in total. The fourth-order valence-corrected chi connectivity index (χ4v) is 3.30. The average molecular weight is 353 g/mol. The Morgan fingerprint density at radius 3 is 2.56 bits per heavy atom. The molecular formula is C24H23N3. The molecule has 0 amide bonds. The summed E-state index contributed by atoms with van der Waals surface area (Å²) in [7, 11) is 0. The third kappa shape index (κ3) is 4.09. The molecule has 0 aliphatic carbocycles. The van der Waals surface area contributed by atoms with Gasteiger partial charge in [-0.1, -0.05) is 66.7 Å². The van der Waals surface area contributed by atoms with Crippen LogP contribution in [0.15, 0.2) is 91.4 Å². The minimum atomic E-state index is 0.740. The van der Waals surface area contributed by atoms with Crippen molar-refractivity contribution in [2.24, 2.45) is 0 Å². The van der Waals surface area contributed by atoms with Gasteiger partial charge in [-0.25, -0.2) is 4.98 Å². The van der Waals surface area contributed by atoms with Gasteiger partial charge in [-0.05, 0) is 41.3 Å². The zero-order valence-corrected chi connectivity index (χ0v) is 15.5. The third-order valence-corrected chi connectivity index (χ3v) is 4.79. The standard InChI is InChI=1S/C24H23N3/c1-19-8-5-6-13-24(19)21-11-7-12-22(14-21)26-16-23-15-25-18-27(23)17-20-9-3-2-4-10-20/h2-15,18,26H,16-17H2,1H3. The number of aromatic nitrogens is 2. The van der Waals surface area contributed by atoms with Gasteiger partial charge in [0, 0.05) is 18.4 Å². The van der Waals surface area contributed by atoms with Crippen LogP contribution in [0.1, 0.15) is 16.8 Å². The smallest absolute Gasteiger partial charge is 0.0951 e. The van der Waals surface area contributed by atoms with E-state index in [0.29, 0.717) is 0 Å². The topological polar surface area (TPSA) is 29.9 Å². The molecule has 27 heavy (non-hydrogen) atoms. The molecular weight excluding hydrogens is 330 g/mol. The van der Waals surface area contributed by atoms with Crippen molar-refractivity contribution in [1.29, 1.82) is 0 Å². The Labute approximate surface area is 160 Å². The van der Waals surface area contributed by atoms with E-state index in [-0.39, 0.29) is 0 Å². The number of nitrogens with one attached hydrogen (secondary N) is 1. The van der Waals surface area contributed by atoms with Gasteiger partial charge in [-0.2, -0.15) is 0 Å². The molecule has 1 aromatic heterocycles. The Balaban J connectivity index is 1.48. The molecule has 0 unspecified atom stereocenters. The molecule has 0 radical (unpaired) electrons. The largest absolute Gasteiger partial charge is 0.379 e. The minimum absolute atomic E-state index is 0.740. The quantitative estimate of drug-likeness (QED) is 0.495. The van der Waals surface area contributed by atoms with Gasteiger partial charge in [-0.3, -0.25) is 0 Å². The molecule has 0 saturated heterocycles. The summed E-state index contributed by atoms with van der Waals surface area (Å²) >= 11 is 0. The Kier molecular flexibility index (Phi) is 5.01. The number of hydrogen-bond acceptors (Lipinski definition) is 2. The lowest BCUT2D eigenvalue weighted by atomic mass is 10.0. The molecule has 0 bridgehead atoms. The van der Waals surface area contributed by atoms with Gasteiger partial charge >= 0.3 is 0 Å². The van der Waals surface area contributed by atoms with Crippen molar-refractivity contribution in [3.8, 4) is 11.1 Å². The Morgan fingerprint density at radius 2 is 1.70 bits per heavy atom. The Morgan fingerprint density at radius 1 is 0.889 bits per heavy atom. The molecule has 4 rings (SSSR count). The summed E-state index contributed by atoms with van der Waals surface area (Å²) in [6.45, 7) is 3.72. The number of hydrogen-bond donors (Lipinski definition) is 1. The van der Waals surface area contributed by atoms with Crippen molar-refractivity contribution in [1.82, 2.24) is 9.55 Å². The first-order valence-corrected chi connectivity index (χ1v) is 9.22. The molecule has 134 valence electrons. The average Bonchev–Trinajstić information content (AvgIpc) is 3.15. The molecule has 0 spiro atoms. The normalized spacial score (nSPS) is 10.7. The van der Waals surface area contributed by atoms with Crippen LogP contribution < -0.4 is 5.32 Å². The highest BCUT2D eigenvalue weighted by atomic mass is 15.1. The highest BCUT2D eigenvalue weighted by Crippen LogP contribution is 2.25. The van der Waals surface area contributed by atoms with Gasteiger partial charge < -0.3 is 9.88 Å². The molecule has 0 aliphatic heterocycles. The molecule has 3 aromatic carbocycles. The first-order valence-electron chi connectivity index (χ1n) is 9.22. The van der Waals surface area contributed by atoms with E-state index in [0.717, 1.165) is 18.8 Å². The van der Waals surface area contributed by atoms with Gasteiger partial charge in [0.1, 0.15) is 0 Å². The lowest BCUT2D eigenvalue weighted by Gasteiger charge is -2.12. The molecule has 3 heteroatoms. The van der Waals surface area contributed by atoms with Gasteiger partial charge in [0.15, 0.2) is 0 Å². The number of aryl methyl sites for hydroxylation is 1. The van der Waals surface area contributed by atoms with E-state index in [9.17, 15) is 0 Å². The second kappa shape index (κ2) is 7.92. The van der Waals surface area contributed by atoms with Crippen LogP contribution in [0.2, 0.25) is 0 Å². The van der Waals surface area contributed by atoms with Crippen molar-refractivity contribution in [2.75, 3.05) is 5.32 Å². The van der Waals surface area contributed by atoms with Crippen LogP contribution in [0.4, 0.5) is 5.69 Å². The second-order valence-electron chi connectivity index (χ2n) is 6.75. The first-order chi connectivity index (χ1) is 13.3. The van der Waals surface area contributed by atoms with Crippen LogP contribution in [-0.2, 0) is 13.1 Å². The second-order valence-corrected chi connectivity index (χ2v) is 6.75. The minimum Gasteiger partial charge on any atom is -0.379 e. The zero-order valence-electron chi connectivity index (χ0n) is 15.5. The molecule has 0 atom stereocenters. The Bertz CT molecular complexity index is 1020. The van der Waals surface area contributed by atoms with E-state index in [2.05, 4.69) is 94.6 Å². The van der Waals surface area contributed by atoms with Crippen LogP contribution in [0.3, 0.4) is 0 Å². The van der Waals surface area contributed by atoms with Gasteiger partial charge in [0.25, 0.3) is 0 Å². The zero-order chi connectivity index (χ0) is 18.5. The number of rotatable bonds is 6. The van der Waals surface area contributed by atoms with Gasteiger partial charge in [0.2, 0.25) is 0 Å². The number of benzene rings is 3. The van der Waals surface area contributed by atoms with Gasteiger partial charge in [-0.15, -0.1) is 0 Å². The van der Waals surface area contributed by atoms with Crippen molar-refractivity contribution in [2.45, 2.75) is 20.0 Å². The lowest BCUT2D eigenvalue weighted by molar-refractivity contribution is 0.749. The van der Waals surface area contributed by atoms with E-state index in [1.54, 1.807) is 0 Å². The highest BCUT2D eigenvalue weighted by Gasteiger charge is 2.05.